The summed E-state index contributed by atoms with van der Waals surface area (Å²) in [4.78, 5) is 22.4. The molecule has 0 saturated heterocycles. The van der Waals surface area contributed by atoms with Gasteiger partial charge in [0.25, 0.3) is 11.6 Å². The summed E-state index contributed by atoms with van der Waals surface area (Å²) in [5.74, 6) is 0.906. The highest BCUT2D eigenvalue weighted by molar-refractivity contribution is 5.79. The lowest BCUT2D eigenvalue weighted by Gasteiger charge is -2.12. The molecule has 2 aromatic carbocycles. The third kappa shape index (κ3) is 4.26. The maximum Gasteiger partial charge on any atom is 0.270 e. The summed E-state index contributed by atoms with van der Waals surface area (Å²) in [5.41, 5.74) is 1.25. The maximum atomic E-state index is 11.8. The zero-order valence-electron chi connectivity index (χ0n) is 13.7. The average molecular weight is 342 g/mol. The van der Waals surface area contributed by atoms with Gasteiger partial charge in [-0.2, -0.15) is 0 Å². The molecule has 0 unspecified atom stereocenters. The summed E-state index contributed by atoms with van der Waals surface area (Å²) in [6.45, 7) is -0.128. The van der Waals surface area contributed by atoms with Crippen molar-refractivity contribution in [3.8, 4) is 22.6 Å². The maximum absolute atomic E-state index is 11.8. The van der Waals surface area contributed by atoms with E-state index in [0.717, 1.165) is 18.4 Å². The van der Waals surface area contributed by atoms with Gasteiger partial charge < -0.3 is 14.8 Å². The number of carbonyl (C=O) groups excluding carboxylic acids is 1. The number of hydrogen-bond donors (Lipinski definition) is 1. The molecule has 25 heavy (non-hydrogen) atoms. The second kappa shape index (κ2) is 7.21. The number of methoxy groups -OCH3 is 1. The van der Waals surface area contributed by atoms with Gasteiger partial charge in [0.15, 0.2) is 6.61 Å². The molecule has 1 N–H and O–H groups in total. The van der Waals surface area contributed by atoms with Gasteiger partial charge in [0.2, 0.25) is 0 Å². The lowest BCUT2D eigenvalue weighted by molar-refractivity contribution is -0.384. The third-order valence-corrected chi connectivity index (χ3v) is 3.88. The van der Waals surface area contributed by atoms with Crippen LogP contribution in [0, 0.1) is 10.1 Å². The summed E-state index contributed by atoms with van der Waals surface area (Å²) in [6.07, 6.45) is 2.00. The highest BCUT2D eigenvalue weighted by atomic mass is 16.6. The van der Waals surface area contributed by atoms with Crippen molar-refractivity contribution in [2.24, 2.45) is 0 Å². The van der Waals surface area contributed by atoms with E-state index >= 15 is 0 Å². The van der Waals surface area contributed by atoms with Gasteiger partial charge in [-0.25, -0.2) is 0 Å². The number of nitrogens with zero attached hydrogens (tertiary/aromatic N) is 1. The Morgan fingerprint density at radius 2 is 1.96 bits per heavy atom. The van der Waals surface area contributed by atoms with Gasteiger partial charge in [0, 0.05) is 23.7 Å². The minimum absolute atomic E-state index is 0.0411. The molecular formula is C18H18N2O5. The van der Waals surface area contributed by atoms with E-state index in [-0.39, 0.29) is 24.2 Å². The van der Waals surface area contributed by atoms with Crippen LogP contribution in [0.1, 0.15) is 12.8 Å². The minimum Gasteiger partial charge on any atom is -0.497 e. The Morgan fingerprint density at radius 3 is 2.56 bits per heavy atom. The zero-order chi connectivity index (χ0) is 17.8. The molecule has 7 nitrogen and oxygen atoms in total. The second-order valence-corrected chi connectivity index (χ2v) is 5.80. The average Bonchev–Trinajstić information content (AvgIpc) is 3.43. The number of carbonyl (C=O) groups is 1. The molecule has 3 rings (SSSR count). The molecule has 0 radical (unpaired) electrons. The summed E-state index contributed by atoms with van der Waals surface area (Å²) in [7, 11) is 1.56. The minimum atomic E-state index is -0.462. The number of nitro groups is 1. The fraction of sp³-hybridized carbons (Fsp3) is 0.278. The van der Waals surface area contributed by atoms with E-state index in [9.17, 15) is 14.9 Å². The Labute approximate surface area is 144 Å². The second-order valence-electron chi connectivity index (χ2n) is 5.80. The van der Waals surface area contributed by atoms with Crippen LogP contribution in [0.3, 0.4) is 0 Å². The van der Waals surface area contributed by atoms with Gasteiger partial charge in [-0.05, 0) is 36.6 Å². The standard InChI is InChI=1S/C18H18N2O5/c1-24-15-7-2-12(3-8-15)16-10-14(20(22)23)6-9-17(16)25-11-18(21)19-13-4-5-13/h2-3,6-10,13H,4-5,11H2,1H3,(H,19,21). The molecule has 0 aliphatic heterocycles. The first kappa shape index (κ1) is 16.8. The number of amides is 1. The van der Waals surface area contributed by atoms with Gasteiger partial charge >= 0.3 is 0 Å². The summed E-state index contributed by atoms with van der Waals surface area (Å²) < 4.78 is 10.7. The zero-order valence-corrected chi connectivity index (χ0v) is 13.7. The van der Waals surface area contributed by atoms with Crippen molar-refractivity contribution in [1.82, 2.24) is 5.32 Å². The van der Waals surface area contributed by atoms with Crippen molar-refractivity contribution in [2.75, 3.05) is 13.7 Å². The Kier molecular flexibility index (Phi) is 4.83. The van der Waals surface area contributed by atoms with E-state index in [4.69, 9.17) is 9.47 Å². The summed E-state index contributed by atoms with van der Waals surface area (Å²) in [5, 5.41) is 13.9. The Balaban J connectivity index is 1.84. The van der Waals surface area contributed by atoms with Crippen LogP contribution in [0.5, 0.6) is 11.5 Å². The fourth-order valence-electron chi connectivity index (χ4n) is 2.39. The largest absolute Gasteiger partial charge is 0.497 e. The van der Waals surface area contributed by atoms with E-state index in [1.807, 2.05) is 0 Å². The quantitative estimate of drug-likeness (QED) is 0.617. The van der Waals surface area contributed by atoms with Gasteiger partial charge in [-0.1, -0.05) is 12.1 Å². The Bertz CT molecular complexity index is 785. The number of ether oxygens (including phenoxy) is 2. The summed E-state index contributed by atoms with van der Waals surface area (Å²) in [6, 6.07) is 11.7. The molecule has 1 fully saturated rings. The third-order valence-electron chi connectivity index (χ3n) is 3.88. The van der Waals surface area contributed by atoms with E-state index in [1.165, 1.54) is 18.2 Å². The number of nitro benzene ring substituents is 1. The first-order valence-corrected chi connectivity index (χ1v) is 7.92. The summed E-state index contributed by atoms with van der Waals surface area (Å²) >= 11 is 0. The molecular weight excluding hydrogens is 324 g/mol. The van der Waals surface area contributed by atoms with Crippen LogP contribution >= 0.6 is 0 Å². The van der Waals surface area contributed by atoms with Crippen LogP contribution in [-0.4, -0.2) is 30.6 Å². The fourth-order valence-corrected chi connectivity index (χ4v) is 2.39. The highest BCUT2D eigenvalue weighted by Gasteiger charge is 2.23. The van der Waals surface area contributed by atoms with Gasteiger partial charge in [0.1, 0.15) is 11.5 Å². The van der Waals surface area contributed by atoms with Gasteiger partial charge in [-0.3, -0.25) is 14.9 Å². The molecule has 2 aromatic rings. The van der Waals surface area contributed by atoms with Crippen LogP contribution in [-0.2, 0) is 4.79 Å². The van der Waals surface area contributed by atoms with Crippen molar-refractivity contribution >= 4 is 11.6 Å². The smallest absolute Gasteiger partial charge is 0.270 e. The van der Waals surface area contributed by atoms with Crippen LogP contribution < -0.4 is 14.8 Å². The number of nitrogens with one attached hydrogen (secondary N) is 1. The first-order chi connectivity index (χ1) is 12.1. The normalized spacial score (nSPS) is 13.2. The van der Waals surface area contributed by atoms with Crippen LogP contribution in [0.15, 0.2) is 42.5 Å². The molecule has 1 aliphatic rings. The monoisotopic (exact) mass is 342 g/mol. The first-order valence-electron chi connectivity index (χ1n) is 7.92. The van der Waals surface area contributed by atoms with Crippen molar-refractivity contribution in [3.05, 3.63) is 52.6 Å². The van der Waals surface area contributed by atoms with Crippen molar-refractivity contribution in [1.29, 1.82) is 0 Å². The Morgan fingerprint density at radius 1 is 1.24 bits per heavy atom. The number of hydrogen-bond acceptors (Lipinski definition) is 5. The van der Waals surface area contributed by atoms with Crippen LogP contribution in [0.2, 0.25) is 0 Å². The molecule has 1 aliphatic carbocycles. The molecule has 130 valence electrons. The SMILES string of the molecule is COc1ccc(-c2cc([N+](=O)[O-])ccc2OCC(=O)NC2CC2)cc1. The lowest BCUT2D eigenvalue weighted by atomic mass is 10.0. The number of non-ortho nitro benzene ring substituents is 1. The van der Waals surface area contributed by atoms with Crippen LogP contribution in [0.25, 0.3) is 11.1 Å². The van der Waals surface area contributed by atoms with Gasteiger partial charge in [-0.15, -0.1) is 0 Å². The van der Waals surface area contributed by atoms with E-state index in [1.54, 1.807) is 31.4 Å². The van der Waals surface area contributed by atoms with Gasteiger partial charge in [0.05, 0.1) is 12.0 Å². The predicted molar refractivity (Wildman–Crippen MR) is 91.7 cm³/mol. The van der Waals surface area contributed by atoms with E-state index < -0.39 is 4.92 Å². The molecule has 1 saturated carbocycles. The molecule has 0 spiro atoms. The lowest BCUT2D eigenvalue weighted by Crippen LogP contribution is -2.30. The number of benzene rings is 2. The van der Waals surface area contributed by atoms with Crippen molar-refractivity contribution in [3.63, 3.8) is 0 Å². The molecule has 7 heteroatoms. The van der Waals surface area contributed by atoms with Crippen LogP contribution in [0.4, 0.5) is 5.69 Å². The Hall–Kier alpha value is -3.09. The molecule has 0 bridgehead atoms. The highest BCUT2D eigenvalue weighted by Crippen LogP contribution is 2.34. The molecule has 0 aromatic heterocycles. The molecule has 0 atom stereocenters. The predicted octanol–water partition coefficient (Wildman–Crippen LogP) is 2.93. The molecule has 1 amide bonds. The molecule has 0 heterocycles. The van der Waals surface area contributed by atoms with Crippen molar-refractivity contribution in [2.45, 2.75) is 18.9 Å². The van der Waals surface area contributed by atoms with Crippen molar-refractivity contribution < 1.29 is 19.2 Å². The van der Waals surface area contributed by atoms with E-state index in [0.29, 0.717) is 17.1 Å². The number of rotatable bonds is 7. The van der Waals surface area contributed by atoms with E-state index in [2.05, 4.69) is 5.32 Å². The topological polar surface area (TPSA) is 90.7 Å².